The molecule has 0 bridgehead atoms. The third-order valence-corrected chi connectivity index (χ3v) is 4.07. The van der Waals surface area contributed by atoms with Crippen LogP contribution in [0.2, 0.25) is 0 Å². The van der Waals surface area contributed by atoms with Gasteiger partial charge in [-0.1, -0.05) is 18.2 Å². The number of aryl methyl sites for hydroxylation is 1. The molecule has 0 radical (unpaired) electrons. The van der Waals surface area contributed by atoms with E-state index in [1.807, 2.05) is 38.1 Å². The Morgan fingerprint density at radius 3 is 2.43 bits per heavy atom. The topological polar surface area (TPSA) is 80.3 Å². The van der Waals surface area contributed by atoms with Crippen LogP contribution in [0.25, 0.3) is 0 Å². The lowest BCUT2D eigenvalue weighted by Gasteiger charge is -2.09. The van der Waals surface area contributed by atoms with Crippen LogP contribution in [0.4, 0.5) is 11.4 Å². The SMILES string of the molecule is CCOc1ccc(NC(=O)c2ccnc(C(=O)Nc3ccccc3C)c2)cc1. The molecule has 6 heteroatoms. The molecule has 2 aromatic carbocycles. The number of benzene rings is 2. The number of carbonyl (C=O) groups is 2. The van der Waals surface area contributed by atoms with Crippen molar-refractivity contribution in [2.75, 3.05) is 17.2 Å². The molecule has 0 saturated carbocycles. The number of nitrogens with zero attached hydrogens (tertiary/aromatic N) is 1. The highest BCUT2D eigenvalue weighted by molar-refractivity contribution is 6.08. The molecule has 0 aliphatic heterocycles. The minimum Gasteiger partial charge on any atom is -0.494 e. The average Bonchev–Trinajstić information content (AvgIpc) is 2.71. The zero-order chi connectivity index (χ0) is 19.9. The Kier molecular flexibility index (Phi) is 6.01. The van der Waals surface area contributed by atoms with Crippen LogP contribution in [0.3, 0.4) is 0 Å². The summed E-state index contributed by atoms with van der Waals surface area (Å²) in [5.74, 6) is 0.0427. The van der Waals surface area contributed by atoms with Gasteiger partial charge >= 0.3 is 0 Å². The zero-order valence-electron chi connectivity index (χ0n) is 15.7. The number of pyridine rings is 1. The summed E-state index contributed by atoms with van der Waals surface area (Å²) in [7, 11) is 0. The molecule has 142 valence electrons. The second kappa shape index (κ2) is 8.81. The van der Waals surface area contributed by atoms with E-state index < -0.39 is 0 Å². The number of rotatable bonds is 6. The van der Waals surface area contributed by atoms with Crippen molar-refractivity contribution in [3.05, 3.63) is 83.7 Å². The van der Waals surface area contributed by atoms with E-state index in [0.717, 1.165) is 11.3 Å². The molecule has 3 rings (SSSR count). The maximum Gasteiger partial charge on any atom is 0.274 e. The predicted molar refractivity (Wildman–Crippen MR) is 109 cm³/mol. The molecule has 0 aliphatic rings. The van der Waals surface area contributed by atoms with Crippen LogP contribution in [0.5, 0.6) is 5.75 Å². The molecule has 1 aromatic heterocycles. The van der Waals surface area contributed by atoms with Gasteiger partial charge in [0.15, 0.2) is 0 Å². The summed E-state index contributed by atoms with van der Waals surface area (Å²) < 4.78 is 5.38. The molecular formula is C22H21N3O3. The molecule has 2 N–H and O–H groups in total. The quantitative estimate of drug-likeness (QED) is 0.673. The molecule has 1 heterocycles. The number of hydrogen-bond donors (Lipinski definition) is 2. The predicted octanol–water partition coefficient (Wildman–Crippen LogP) is 4.29. The van der Waals surface area contributed by atoms with Crippen molar-refractivity contribution in [3.8, 4) is 5.75 Å². The van der Waals surface area contributed by atoms with Gasteiger partial charge in [0.1, 0.15) is 11.4 Å². The molecule has 0 aliphatic carbocycles. The number of aromatic nitrogens is 1. The Labute approximate surface area is 163 Å². The smallest absolute Gasteiger partial charge is 0.274 e. The normalized spacial score (nSPS) is 10.2. The fourth-order valence-corrected chi connectivity index (χ4v) is 2.60. The van der Waals surface area contributed by atoms with E-state index in [2.05, 4.69) is 15.6 Å². The summed E-state index contributed by atoms with van der Waals surface area (Å²) in [4.78, 5) is 29.1. The monoisotopic (exact) mass is 375 g/mol. The van der Waals surface area contributed by atoms with Crippen LogP contribution < -0.4 is 15.4 Å². The van der Waals surface area contributed by atoms with Gasteiger partial charge in [-0.05, 0) is 61.9 Å². The summed E-state index contributed by atoms with van der Waals surface area (Å²) in [5, 5.41) is 5.61. The average molecular weight is 375 g/mol. The summed E-state index contributed by atoms with van der Waals surface area (Å²) >= 11 is 0. The molecular weight excluding hydrogens is 354 g/mol. The second-order valence-corrected chi connectivity index (χ2v) is 6.11. The molecule has 0 spiro atoms. The van der Waals surface area contributed by atoms with E-state index in [1.54, 1.807) is 30.3 Å². The van der Waals surface area contributed by atoms with Crippen molar-refractivity contribution in [1.82, 2.24) is 4.98 Å². The number of nitrogens with one attached hydrogen (secondary N) is 2. The van der Waals surface area contributed by atoms with Crippen LogP contribution in [-0.2, 0) is 0 Å². The Morgan fingerprint density at radius 1 is 0.964 bits per heavy atom. The molecule has 0 saturated heterocycles. The van der Waals surface area contributed by atoms with Gasteiger partial charge in [0.2, 0.25) is 0 Å². The summed E-state index contributed by atoms with van der Waals surface area (Å²) in [6, 6.07) is 17.6. The molecule has 28 heavy (non-hydrogen) atoms. The number of hydrogen-bond acceptors (Lipinski definition) is 4. The molecule has 0 unspecified atom stereocenters. The number of para-hydroxylation sites is 1. The van der Waals surface area contributed by atoms with Crippen molar-refractivity contribution in [2.24, 2.45) is 0 Å². The first-order valence-electron chi connectivity index (χ1n) is 8.94. The first-order chi connectivity index (χ1) is 13.6. The number of carbonyl (C=O) groups excluding carboxylic acids is 2. The van der Waals surface area contributed by atoms with Crippen LogP contribution in [0, 0.1) is 6.92 Å². The van der Waals surface area contributed by atoms with Gasteiger partial charge in [0.05, 0.1) is 6.61 Å². The second-order valence-electron chi connectivity index (χ2n) is 6.11. The maximum absolute atomic E-state index is 12.5. The Morgan fingerprint density at radius 2 is 1.71 bits per heavy atom. The fourth-order valence-electron chi connectivity index (χ4n) is 2.60. The van der Waals surface area contributed by atoms with Gasteiger partial charge in [-0.2, -0.15) is 0 Å². The highest BCUT2D eigenvalue weighted by atomic mass is 16.5. The van der Waals surface area contributed by atoms with E-state index >= 15 is 0 Å². The lowest BCUT2D eigenvalue weighted by molar-refractivity contribution is 0.102. The minimum absolute atomic E-state index is 0.169. The minimum atomic E-state index is -0.370. The van der Waals surface area contributed by atoms with E-state index in [9.17, 15) is 9.59 Å². The Bertz CT molecular complexity index is 984. The Balaban J connectivity index is 1.70. The first-order valence-corrected chi connectivity index (χ1v) is 8.94. The molecule has 3 aromatic rings. The van der Waals surface area contributed by atoms with Crippen LogP contribution >= 0.6 is 0 Å². The van der Waals surface area contributed by atoms with Crippen molar-refractivity contribution in [3.63, 3.8) is 0 Å². The summed E-state index contributed by atoms with van der Waals surface area (Å²) in [5.41, 5.74) is 2.80. The lowest BCUT2D eigenvalue weighted by Crippen LogP contribution is -2.17. The first kappa shape index (κ1) is 19.1. The van der Waals surface area contributed by atoms with Crippen molar-refractivity contribution in [2.45, 2.75) is 13.8 Å². The van der Waals surface area contributed by atoms with E-state index in [-0.39, 0.29) is 17.5 Å². The third-order valence-electron chi connectivity index (χ3n) is 4.07. The highest BCUT2D eigenvalue weighted by Gasteiger charge is 2.13. The van der Waals surface area contributed by atoms with Gasteiger partial charge in [-0.25, -0.2) is 0 Å². The van der Waals surface area contributed by atoms with E-state index in [4.69, 9.17) is 4.74 Å². The number of anilines is 2. The highest BCUT2D eigenvalue weighted by Crippen LogP contribution is 2.17. The standard InChI is InChI=1S/C22H21N3O3/c1-3-28-18-10-8-17(9-11-18)24-21(26)16-12-13-23-20(14-16)22(27)25-19-7-5-4-6-15(19)2/h4-14H,3H2,1-2H3,(H,24,26)(H,25,27). The van der Waals surface area contributed by atoms with Crippen molar-refractivity contribution < 1.29 is 14.3 Å². The van der Waals surface area contributed by atoms with Gasteiger partial charge in [0.25, 0.3) is 11.8 Å². The van der Waals surface area contributed by atoms with E-state index in [1.165, 1.54) is 12.3 Å². The van der Waals surface area contributed by atoms with Crippen LogP contribution in [0.15, 0.2) is 66.9 Å². The van der Waals surface area contributed by atoms with Gasteiger partial charge < -0.3 is 15.4 Å². The number of ether oxygens (including phenoxy) is 1. The zero-order valence-corrected chi connectivity index (χ0v) is 15.7. The van der Waals surface area contributed by atoms with Crippen LogP contribution in [-0.4, -0.2) is 23.4 Å². The van der Waals surface area contributed by atoms with Gasteiger partial charge in [-0.15, -0.1) is 0 Å². The Hall–Kier alpha value is -3.67. The van der Waals surface area contributed by atoms with E-state index in [0.29, 0.717) is 23.5 Å². The molecule has 0 atom stereocenters. The number of amides is 2. The fraction of sp³-hybridized carbons (Fsp3) is 0.136. The largest absolute Gasteiger partial charge is 0.494 e. The lowest BCUT2D eigenvalue weighted by atomic mass is 10.1. The van der Waals surface area contributed by atoms with Gasteiger partial charge in [0, 0.05) is 23.1 Å². The van der Waals surface area contributed by atoms with Crippen LogP contribution in [0.1, 0.15) is 33.3 Å². The van der Waals surface area contributed by atoms with Gasteiger partial charge in [-0.3, -0.25) is 14.6 Å². The third kappa shape index (κ3) is 4.73. The molecule has 2 amide bonds. The molecule has 6 nitrogen and oxygen atoms in total. The molecule has 0 fully saturated rings. The summed E-state index contributed by atoms with van der Waals surface area (Å²) in [6.45, 7) is 4.39. The van der Waals surface area contributed by atoms with Crippen molar-refractivity contribution in [1.29, 1.82) is 0 Å². The van der Waals surface area contributed by atoms with Crippen molar-refractivity contribution >= 4 is 23.2 Å². The summed E-state index contributed by atoms with van der Waals surface area (Å²) in [6.07, 6.45) is 1.44. The maximum atomic E-state index is 12.5.